The standard InChI is InChI=1S/C17H27N3O2S/c1-16(2)13(11-7-8-22-14(11)16)20-15(18-4)19-10-17(3,21)12-6-5-9-23-12/h5-6,9,11,13-14,21H,7-8,10H2,1-4H3,(H2,18,19,20). The zero-order valence-corrected chi connectivity index (χ0v) is 15.1. The fourth-order valence-corrected chi connectivity index (χ4v) is 4.67. The van der Waals surface area contributed by atoms with Gasteiger partial charge >= 0.3 is 0 Å². The molecule has 1 saturated carbocycles. The van der Waals surface area contributed by atoms with E-state index in [1.54, 1.807) is 18.4 Å². The van der Waals surface area contributed by atoms with Crippen molar-refractivity contribution in [2.45, 2.75) is 44.9 Å². The maximum absolute atomic E-state index is 10.6. The summed E-state index contributed by atoms with van der Waals surface area (Å²) in [5.41, 5.74) is -0.797. The molecular formula is C17H27N3O2S. The third kappa shape index (κ3) is 2.99. The van der Waals surface area contributed by atoms with Crippen LogP contribution in [-0.2, 0) is 10.3 Å². The van der Waals surface area contributed by atoms with Crippen molar-refractivity contribution in [3.63, 3.8) is 0 Å². The molecule has 1 aromatic rings. The van der Waals surface area contributed by atoms with E-state index in [9.17, 15) is 5.11 Å². The molecule has 2 aliphatic rings. The highest BCUT2D eigenvalue weighted by Gasteiger charge is 2.59. The van der Waals surface area contributed by atoms with E-state index in [-0.39, 0.29) is 5.41 Å². The van der Waals surface area contributed by atoms with E-state index in [0.717, 1.165) is 23.9 Å². The van der Waals surface area contributed by atoms with Gasteiger partial charge in [0.05, 0.1) is 12.6 Å². The zero-order chi connectivity index (χ0) is 16.7. The van der Waals surface area contributed by atoms with Crippen LogP contribution in [0.4, 0.5) is 0 Å². The summed E-state index contributed by atoms with van der Waals surface area (Å²) >= 11 is 1.56. The van der Waals surface area contributed by atoms with Crippen LogP contribution in [0.1, 0.15) is 32.1 Å². The molecule has 2 heterocycles. The number of ether oxygens (including phenoxy) is 1. The normalized spacial score (nSPS) is 31.9. The number of hydrogen-bond donors (Lipinski definition) is 3. The number of nitrogens with zero attached hydrogens (tertiary/aromatic N) is 1. The quantitative estimate of drug-likeness (QED) is 0.580. The molecule has 128 valence electrons. The van der Waals surface area contributed by atoms with Gasteiger partial charge in [-0.3, -0.25) is 4.99 Å². The molecule has 23 heavy (non-hydrogen) atoms. The van der Waals surface area contributed by atoms with Crippen LogP contribution in [0.25, 0.3) is 0 Å². The molecule has 5 nitrogen and oxygen atoms in total. The number of fused-ring (bicyclic) bond motifs is 1. The lowest BCUT2D eigenvalue weighted by Crippen LogP contribution is -2.68. The first-order valence-corrected chi connectivity index (χ1v) is 9.09. The largest absolute Gasteiger partial charge is 0.383 e. The van der Waals surface area contributed by atoms with Crippen LogP contribution >= 0.6 is 11.3 Å². The second-order valence-corrected chi connectivity index (χ2v) is 8.31. The highest BCUT2D eigenvalue weighted by Crippen LogP contribution is 2.52. The Morgan fingerprint density at radius 3 is 3.00 bits per heavy atom. The molecule has 1 aliphatic heterocycles. The number of nitrogens with one attached hydrogen (secondary N) is 2. The highest BCUT2D eigenvalue weighted by molar-refractivity contribution is 7.10. The molecule has 1 saturated heterocycles. The third-order valence-electron chi connectivity index (χ3n) is 5.27. The van der Waals surface area contributed by atoms with Crippen molar-refractivity contribution in [3.8, 4) is 0 Å². The first-order valence-electron chi connectivity index (χ1n) is 8.21. The summed E-state index contributed by atoms with van der Waals surface area (Å²) in [4.78, 5) is 5.27. The van der Waals surface area contributed by atoms with Crippen molar-refractivity contribution in [1.29, 1.82) is 0 Å². The maximum atomic E-state index is 10.6. The number of aliphatic hydroxyl groups is 1. The second-order valence-electron chi connectivity index (χ2n) is 7.36. The minimum Gasteiger partial charge on any atom is -0.383 e. The van der Waals surface area contributed by atoms with Gasteiger partial charge in [0.25, 0.3) is 0 Å². The molecule has 0 amide bonds. The van der Waals surface area contributed by atoms with E-state index >= 15 is 0 Å². The van der Waals surface area contributed by atoms with Gasteiger partial charge in [-0.2, -0.15) is 0 Å². The second kappa shape index (κ2) is 6.07. The van der Waals surface area contributed by atoms with Crippen LogP contribution in [0.15, 0.2) is 22.5 Å². The fraction of sp³-hybridized carbons (Fsp3) is 0.706. The van der Waals surface area contributed by atoms with Gasteiger partial charge in [0.2, 0.25) is 0 Å². The van der Waals surface area contributed by atoms with E-state index in [0.29, 0.717) is 24.6 Å². The molecule has 0 spiro atoms. The van der Waals surface area contributed by atoms with Gasteiger partial charge < -0.3 is 20.5 Å². The molecule has 0 aromatic carbocycles. The van der Waals surface area contributed by atoms with Crippen molar-refractivity contribution in [3.05, 3.63) is 22.4 Å². The molecule has 3 rings (SSSR count). The average Bonchev–Trinajstić information content (AvgIpc) is 3.18. The van der Waals surface area contributed by atoms with Gasteiger partial charge in [-0.05, 0) is 24.8 Å². The molecule has 1 aromatic heterocycles. The van der Waals surface area contributed by atoms with E-state index in [2.05, 4.69) is 29.5 Å². The Kier molecular flexibility index (Phi) is 4.42. The van der Waals surface area contributed by atoms with E-state index in [1.807, 2.05) is 24.4 Å². The number of hydrogen-bond acceptors (Lipinski definition) is 4. The molecule has 4 atom stereocenters. The van der Waals surface area contributed by atoms with Crippen LogP contribution in [-0.4, -0.2) is 43.4 Å². The minimum atomic E-state index is -0.903. The van der Waals surface area contributed by atoms with Gasteiger partial charge in [0.15, 0.2) is 5.96 Å². The monoisotopic (exact) mass is 337 g/mol. The molecule has 2 fully saturated rings. The lowest BCUT2D eigenvalue weighted by atomic mass is 9.57. The first-order chi connectivity index (χ1) is 10.9. The molecule has 0 bridgehead atoms. The van der Waals surface area contributed by atoms with Crippen molar-refractivity contribution in [2.24, 2.45) is 16.3 Å². The Morgan fingerprint density at radius 1 is 1.57 bits per heavy atom. The summed E-state index contributed by atoms with van der Waals surface area (Å²) in [5, 5.41) is 19.4. The topological polar surface area (TPSA) is 65.9 Å². The van der Waals surface area contributed by atoms with E-state index in [4.69, 9.17) is 4.74 Å². The summed E-state index contributed by atoms with van der Waals surface area (Å²) in [7, 11) is 1.77. The van der Waals surface area contributed by atoms with Crippen LogP contribution in [0, 0.1) is 11.3 Å². The molecule has 6 heteroatoms. The Hall–Kier alpha value is -1.11. The predicted molar refractivity (Wildman–Crippen MR) is 93.8 cm³/mol. The highest BCUT2D eigenvalue weighted by atomic mass is 32.1. The SMILES string of the molecule is CN=C(NCC(C)(O)c1cccs1)NC1C2CCOC2C1(C)C. The van der Waals surface area contributed by atoms with Gasteiger partial charge in [0, 0.05) is 35.9 Å². The van der Waals surface area contributed by atoms with Gasteiger partial charge in [0.1, 0.15) is 5.60 Å². The number of thiophene rings is 1. The fourth-order valence-electron chi connectivity index (χ4n) is 3.89. The molecular weight excluding hydrogens is 310 g/mol. The van der Waals surface area contributed by atoms with Gasteiger partial charge in [-0.15, -0.1) is 11.3 Å². The summed E-state index contributed by atoms with van der Waals surface area (Å²) in [6.45, 7) is 7.59. The zero-order valence-electron chi connectivity index (χ0n) is 14.3. The van der Waals surface area contributed by atoms with Crippen molar-refractivity contribution < 1.29 is 9.84 Å². The maximum Gasteiger partial charge on any atom is 0.191 e. The average molecular weight is 337 g/mol. The summed E-state index contributed by atoms with van der Waals surface area (Å²) in [6.07, 6.45) is 1.46. The molecule has 3 N–H and O–H groups in total. The summed E-state index contributed by atoms with van der Waals surface area (Å²) in [6, 6.07) is 4.27. The van der Waals surface area contributed by atoms with Crippen LogP contribution in [0.3, 0.4) is 0 Å². The number of guanidine groups is 1. The van der Waals surface area contributed by atoms with Crippen molar-refractivity contribution in [2.75, 3.05) is 20.2 Å². The predicted octanol–water partition coefficient (Wildman–Crippen LogP) is 1.93. The lowest BCUT2D eigenvalue weighted by Gasteiger charge is -2.55. The Bertz CT molecular complexity index is 568. The Labute approximate surface area is 142 Å². The lowest BCUT2D eigenvalue weighted by molar-refractivity contribution is -0.106. The third-order valence-corrected chi connectivity index (χ3v) is 6.39. The molecule has 0 radical (unpaired) electrons. The van der Waals surface area contributed by atoms with Crippen molar-refractivity contribution >= 4 is 17.3 Å². The van der Waals surface area contributed by atoms with Gasteiger partial charge in [-0.25, -0.2) is 0 Å². The molecule has 4 unspecified atom stereocenters. The number of rotatable bonds is 4. The van der Waals surface area contributed by atoms with E-state index < -0.39 is 5.60 Å². The van der Waals surface area contributed by atoms with Crippen LogP contribution in [0.5, 0.6) is 0 Å². The van der Waals surface area contributed by atoms with Crippen molar-refractivity contribution in [1.82, 2.24) is 10.6 Å². The Morgan fingerprint density at radius 2 is 2.35 bits per heavy atom. The smallest absolute Gasteiger partial charge is 0.191 e. The van der Waals surface area contributed by atoms with Crippen LogP contribution < -0.4 is 10.6 Å². The molecule has 1 aliphatic carbocycles. The Balaban J connectivity index is 1.59. The summed E-state index contributed by atoms with van der Waals surface area (Å²) in [5.74, 6) is 1.30. The number of aliphatic imine (C=N–C) groups is 1. The first kappa shape index (κ1) is 16.7. The van der Waals surface area contributed by atoms with Crippen LogP contribution in [0.2, 0.25) is 0 Å². The minimum absolute atomic E-state index is 0.106. The van der Waals surface area contributed by atoms with E-state index in [1.165, 1.54) is 0 Å². The van der Waals surface area contributed by atoms with Gasteiger partial charge in [-0.1, -0.05) is 19.9 Å². The summed E-state index contributed by atoms with van der Waals surface area (Å²) < 4.78 is 5.84.